The van der Waals surface area contributed by atoms with Gasteiger partial charge in [-0.2, -0.15) is 9.97 Å². The van der Waals surface area contributed by atoms with E-state index in [4.69, 9.17) is 19.7 Å². The topological polar surface area (TPSA) is 57.8 Å². The lowest BCUT2D eigenvalue weighted by Gasteiger charge is -2.38. The Morgan fingerprint density at radius 2 is 1.27 bits per heavy atom. The van der Waals surface area contributed by atoms with E-state index in [9.17, 15) is 0 Å². The quantitative estimate of drug-likeness (QED) is 0.162. The van der Waals surface area contributed by atoms with Gasteiger partial charge in [-0.3, -0.25) is 4.57 Å². The fourth-order valence-electron chi connectivity index (χ4n) is 11.3. The molecule has 4 aliphatic rings. The summed E-state index contributed by atoms with van der Waals surface area (Å²) in [6.45, 7) is 7.10. The van der Waals surface area contributed by atoms with Crippen LogP contribution in [0.2, 0.25) is 0 Å². The Hall–Kier alpha value is -7.57. The number of allylic oxidation sites excluding steroid dienone is 6. The lowest BCUT2D eigenvalue weighted by atomic mass is 9.67. The predicted octanol–water partition coefficient (Wildman–Crippen LogP) is 13.9. The molecular weight excluding hydrogens is 783 g/mol. The van der Waals surface area contributed by atoms with E-state index in [0.717, 1.165) is 57.4 Å². The number of benzene rings is 6. The zero-order valence-corrected chi connectivity index (χ0v) is 36.0. The van der Waals surface area contributed by atoms with E-state index in [0.29, 0.717) is 23.5 Å². The average molecular weight is 828 g/mol. The summed E-state index contributed by atoms with van der Waals surface area (Å²) in [5.41, 5.74) is 13.3. The van der Waals surface area contributed by atoms with Gasteiger partial charge in [0, 0.05) is 49.5 Å². The van der Waals surface area contributed by atoms with Gasteiger partial charge in [-0.15, -0.1) is 0 Å². The molecule has 4 unspecified atom stereocenters. The SMILES string of the molecule is CC1CC=CC2(C)CC=C(n3c4ccccc4c4cc(C5=CC6(C)c7ccccc7OC6c6c5c5ccccc5n6-c5nc(-c6ccccc6)nc(-c6ccccc6)n5)ccc43)C=C12. The summed E-state index contributed by atoms with van der Waals surface area (Å²) in [6.07, 6.45) is 13.9. The minimum Gasteiger partial charge on any atom is -0.483 e. The van der Waals surface area contributed by atoms with Gasteiger partial charge >= 0.3 is 0 Å². The predicted molar refractivity (Wildman–Crippen MR) is 259 cm³/mol. The molecule has 3 aromatic heterocycles. The summed E-state index contributed by atoms with van der Waals surface area (Å²) in [6, 6.07) is 53.6. The van der Waals surface area contributed by atoms with Gasteiger partial charge in [-0.1, -0.05) is 165 Å². The maximum absolute atomic E-state index is 7.14. The first-order chi connectivity index (χ1) is 31.4. The Bertz CT molecular complexity index is 3480. The van der Waals surface area contributed by atoms with Crippen molar-refractivity contribution in [1.82, 2.24) is 24.1 Å². The van der Waals surface area contributed by atoms with E-state index in [2.05, 4.69) is 176 Å². The highest BCUT2D eigenvalue weighted by Crippen LogP contribution is 2.59. The summed E-state index contributed by atoms with van der Waals surface area (Å²) in [4.78, 5) is 15.7. The smallest absolute Gasteiger partial charge is 0.238 e. The number of hydrogen-bond acceptors (Lipinski definition) is 4. The van der Waals surface area contributed by atoms with Gasteiger partial charge in [0.1, 0.15) is 5.75 Å². The molecule has 1 aliphatic heterocycles. The molecule has 6 nitrogen and oxygen atoms in total. The van der Waals surface area contributed by atoms with Gasteiger partial charge in [0.15, 0.2) is 17.8 Å². The highest BCUT2D eigenvalue weighted by Gasteiger charge is 2.51. The number of ether oxygens (including phenoxy) is 1. The van der Waals surface area contributed by atoms with Crippen molar-refractivity contribution in [2.24, 2.45) is 11.3 Å². The third kappa shape index (κ3) is 5.35. The van der Waals surface area contributed by atoms with E-state index >= 15 is 0 Å². The molecule has 13 rings (SSSR count). The molecule has 6 aromatic carbocycles. The highest BCUT2D eigenvalue weighted by atomic mass is 16.5. The maximum Gasteiger partial charge on any atom is 0.238 e. The molecule has 6 heteroatoms. The summed E-state index contributed by atoms with van der Waals surface area (Å²) in [5, 5.41) is 3.60. The fraction of sp³-hybridized carbons (Fsp3) is 0.155. The molecule has 4 heterocycles. The molecule has 0 saturated carbocycles. The molecule has 4 atom stereocenters. The molecule has 9 aromatic rings. The molecule has 64 heavy (non-hydrogen) atoms. The number of para-hydroxylation sites is 3. The molecule has 0 fully saturated rings. The summed E-state index contributed by atoms with van der Waals surface area (Å²) in [7, 11) is 0. The Labute approximate surface area is 372 Å². The van der Waals surface area contributed by atoms with Crippen LogP contribution in [0.15, 0.2) is 188 Å². The molecule has 0 amide bonds. The lowest BCUT2D eigenvalue weighted by molar-refractivity contribution is 0.174. The minimum absolute atomic E-state index is 0.0709. The molecular formula is C58H45N5O. The molecule has 0 N–H and O–H groups in total. The first kappa shape index (κ1) is 37.0. The number of aromatic nitrogens is 5. The third-order valence-electron chi connectivity index (χ3n) is 14.5. The van der Waals surface area contributed by atoms with Crippen molar-refractivity contribution in [1.29, 1.82) is 0 Å². The van der Waals surface area contributed by atoms with Crippen LogP contribution in [0.1, 0.15) is 62.1 Å². The van der Waals surface area contributed by atoms with E-state index < -0.39 is 5.41 Å². The van der Waals surface area contributed by atoms with Crippen molar-refractivity contribution in [3.8, 4) is 34.5 Å². The summed E-state index contributed by atoms with van der Waals surface area (Å²) >= 11 is 0. The highest BCUT2D eigenvalue weighted by molar-refractivity contribution is 6.12. The second kappa shape index (κ2) is 13.7. The van der Waals surface area contributed by atoms with E-state index in [1.807, 2.05) is 36.4 Å². The van der Waals surface area contributed by atoms with Gasteiger partial charge in [-0.05, 0) is 73.2 Å². The number of rotatable bonds is 5. The average Bonchev–Trinajstić information content (AvgIpc) is 3.97. The van der Waals surface area contributed by atoms with Crippen molar-refractivity contribution in [3.63, 3.8) is 0 Å². The molecule has 0 bridgehead atoms. The monoisotopic (exact) mass is 827 g/mol. The van der Waals surface area contributed by atoms with Crippen LogP contribution in [-0.4, -0.2) is 24.1 Å². The molecule has 0 spiro atoms. The minimum atomic E-state index is -0.511. The molecule has 0 radical (unpaired) electrons. The van der Waals surface area contributed by atoms with Gasteiger partial charge in [0.05, 0.1) is 27.7 Å². The van der Waals surface area contributed by atoms with Crippen LogP contribution >= 0.6 is 0 Å². The van der Waals surface area contributed by atoms with Crippen molar-refractivity contribution < 1.29 is 4.74 Å². The second-order valence-electron chi connectivity index (χ2n) is 18.4. The van der Waals surface area contributed by atoms with Crippen LogP contribution in [0.25, 0.3) is 72.7 Å². The van der Waals surface area contributed by atoms with Crippen LogP contribution in [-0.2, 0) is 5.41 Å². The molecule has 3 aliphatic carbocycles. The molecule has 308 valence electrons. The van der Waals surface area contributed by atoms with Crippen molar-refractivity contribution in [3.05, 3.63) is 210 Å². The van der Waals surface area contributed by atoms with E-state index in [1.165, 1.54) is 44.2 Å². The van der Waals surface area contributed by atoms with Crippen molar-refractivity contribution >= 4 is 44.0 Å². The Kier molecular flexibility index (Phi) is 7.93. The Morgan fingerprint density at radius 3 is 2.02 bits per heavy atom. The first-order valence-electron chi connectivity index (χ1n) is 22.5. The fourth-order valence-corrected chi connectivity index (χ4v) is 11.3. The van der Waals surface area contributed by atoms with Gasteiger partial charge in [0.25, 0.3) is 0 Å². The number of hydrogen-bond donors (Lipinski definition) is 0. The lowest BCUT2D eigenvalue weighted by Crippen LogP contribution is -2.32. The number of nitrogens with zero attached hydrogens (tertiary/aromatic N) is 5. The van der Waals surface area contributed by atoms with Crippen LogP contribution < -0.4 is 4.74 Å². The van der Waals surface area contributed by atoms with Crippen molar-refractivity contribution in [2.45, 2.75) is 45.1 Å². The van der Waals surface area contributed by atoms with E-state index in [-0.39, 0.29) is 11.5 Å². The maximum atomic E-state index is 7.14. The molecule has 0 saturated heterocycles. The first-order valence-corrected chi connectivity index (χ1v) is 22.5. The summed E-state index contributed by atoms with van der Waals surface area (Å²) in [5.74, 6) is 3.19. The normalized spacial score (nSPS) is 22.0. The van der Waals surface area contributed by atoms with Crippen molar-refractivity contribution in [2.75, 3.05) is 0 Å². The zero-order valence-electron chi connectivity index (χ0n) is 36.0. The van der Waals surface area contributed by atoms with Gasteiger partial charge in [0.2, 0.25) is 5.95 Å². The standard InChI is InChI=1S/C58H45N5O/c1-36-17-16-31-57(2)32-30-40(34-46(36)57)62-47-25-13-10-22-41(47)43-33-39(28-29-49(43)62)44-35-58(3)45-24-12-15-27-50(45)64-53(58)52-51(44)42-23-11-14-26-48(42)63(52)56-60-54(37-18-6-4-7-19-37)59-55(61-56)38-20-8-5-9-21-38/h4-16,18-31,33-36,53H,17,32H2,1-3H3. The van der Waals surface area contributed by atoms with Gasteiger partial charge in [-0.25, -0.2) is 4.98 Å². The number of fused-ring (bicyclic) bond motifs is 11. The van der Waals surface area contributed by atoms with Crippen LogP contribution in [0.5, 0.6) is 5.75 Å². The van der Waals surface area contributed by atoms with Gasteiger partial charge < -0.3 is 9.30 Å². The van der Waals surface area contributed by atoms with Crippen LogP contribution in [0.3, 0.4) is 0 Å². The van der Waals surface area contributed by atoms with E-state index in [1.54, 1.807) is 0 Å². The second-order valence-corrected chi connectivity index (χ2v) is 18.4. The summed E-state index contributed by atoms with van der Waals surface area (Å²) < 4.78 is 11.9. The van der Waals surface area contributed by atoms with Crippen LogP contribution in [0, 0.1) is 11.3 Å². The Morgan fingerprint density at radius 1 is 0.625 bits per heavy atom. The Balaban J connectivity index is 1.07. The third-order valence-corrected chi connectivity index (χ3v) is 14.5. The largest absolute Gasteiger partial charge is 0.483 e. The zero-order chi connectivity index (χ0) is 42.7. The van der Waals surface area contributed by atoms with Crippen LogP contribution in [0.4, 0.5) is 0 Å².